The smallest absolute Gasteiger partial charge is 0.252 e. The fraction of sp³-hybridized carbons (Fsp3) is 0.400. The molecular formula is C20H21FN4O2. The number of hydrogen-bond donors (Lipinski definition) is 1. The van der Waals surface area contributed by atoms with Gasteiger partial charge in [0.15, 0.2) is 5.82 Å². The van der Waals surface area contributed by atoms with Crippen LogP contribution in [-0.4, -0.2) is 21.0 Å². The molecule has 4 rings (SSSR count). The number of nitrogens with one attached hydrogen (secondary N) is 1. The average Bonchev–Trinajstić information content (AvgIpc) is 3.32. The zero-order chi connectivity index (χ0) is 19.0. The highest BCUT2D eigenvalue weighted by atomic mass is 19.1. The van der Waals surface area contributed by atoms with E-state index in [-0.39, 0.29) is 17.6 Å². The van der Waals surface area contributed by atoms with Crippen LogP contribution in [-0.2, 0) is 5.54 Å². The minimum Gasteiger partial charge on any atom is -0.339 e. The Morgan fingerprint density at radius 3 is 2.70 bits per heavy atom. The molecule has 1 aliphatic carbocycles. The van der Waals surface area contributed by atoms with Gasteiger partial charge >= 0.3 is 0 Å². The summed E-state index contributed by atoms with van der Waals surface area (Å²) in [6, 6.07) is 4.37. The lowest BCUT2D eigenvalue weighted by molar-refractivity contribution is 0.0893. The molecular weight excluding hydrogens is 347 g/mol. The zero-order valence-corrected chi connectivity index (χ0v) is 15.3. The molecule has 1 saturated carbocycles. The van der Waals surface area contributed by atoms with Gasteiger partial charge in [0, 0.05) is 34.6 Å². The SMILES string of the molecule is CC(C)c1nc(C2(NC(=O)c3ccc(F)c4ccncc34)CCCC2)no1. The van der Waals surface area contributed by atoms with E-state index in [1.165, 1.54) is 24.5 Å². The van der Waals surface area contributed by atoms with Crippen LogP contribution in [0.4, 0.5) is 4.39 Å². The number of benzene rings is 1. The summed E-state index contributed by atoms with van der Waals surface area (Å²) in [7, 11) is 0. The number of fused-ring (bicyclic) bond motifs is 1. The van der Waals surface area contributed by atoms with Crippen molar-refractivity contribution >= 4 is 16.7 Å². The van der Waals surface area contributed by atoms with E-state index in [1.54, 1.807) is 6.07 Å². The lowest BCUT2D eigenvalue weighted by Crippen LogP contribution is -2.44. The number of rotatable bonds is 4. The number of aromatic nitrogens is 3. The summed E-state index contributed by atoms with van der Waals surface area (Å²) in [4.78, 5) is 21.7. The molecule has 0 aliphatic heterocycles. The standard InChI is InChI=1S/C20H21FN4O2/c1-12(2)18-23-19(25-27-18)20(8-3-4-9-20)24-17(26)14-5-6-16(21)13-7-10-22-11-15(13)14/h5-7,10-12H,3-4,8-9H2,1-2H3,(H,24,26). The monoisotopic (exact) mass is 368 g/mol. The van der Waals surface area contributed by atoms with Gasteiger partial charge in [0.1, 0.15) is 11.4 Å². The van der Waals surface area contributed by atoms with Gasteiger partial charge in [-0.2, -0.15) is 4.98 Å². The lowest BCUT2D eigenvalue weighted by atomic mass is 9.95. The molecule has 0 saturated heterocycles. The fourth-order valence-corrected chi connectivity index (χ4v) is 3.68. The summed E-state index contributed by atoms with van der Waals surface area (Å²) >= 11 is 0. The van der Waals surface area contributed by atoms with E-state index in [4.69, 9.17) is 4.52 Å². The van der Waals surface area contributed by atoms with Crippen molar-refractivity contribution in [3.8, 4) is 0 Å². The Balaban J connectivity index is 1.70. The Hall–Kier alpha value is -2.83. The van der Waals surface area contributed by atoms with Crippen molar-refractivity contribution in [2.24, 2.45) is 0 Å². The number of carbonyl (C=O) groups excluding carboxylic acids is 1. The van der Waals surface area contributed by atoms with Gasteiger partial charge in [-0.05, 0) is 31.0 Å². The molecule has 7 heteroatoms. The molecule has 6 nitrogen and oxygen atoms in total. The third-order valence-electron chi connectivity index (χ3n) is 5.18. The quantitative estimate of drug-likeness (QED) is 0.750. The van der Waals surface area contributed by atoms with Crippen molar-refractivity contribution in [1.29, 1.82) is 0 Å². The molecule has 27 heavy (non-hydrogen) atoms. The molecule has 1 amide bonds. The minimum atomic E-state index is -0.656. The molecule has 2 aromatic heterocycles. The first-order chi connectivity index (χ1) is 13.0. The highest BCUT2D eigenvalue weighted by Crippen LogP contribution is 2.38. The number of carbonyl (C=O) groups is 1. The number of amides is 1. The largest absolute Gasteiger partial charge is 0.339 e. The summed E-state index contributed by atoms with van der Waals surface area (Å²) in [6.45, 7) is 3.96. The Labute approximate surface area is 156 Å². The van der Waals surface area contributed by atoms with E-state index in [0.717, 1.165) is 25.7 Å². The number of hydrogen-bond acceptors (Lipinski definition) is 5. The molecule has 0 radical (unpaired) electrons. The number of pyridine rings is 1. The Morgan fingerprint density at radius 1 is 1.22 bits per heavy atom. The molecule has 1 aliphatic rings. The molecule has 0 unspecified atom stereocenters. The second kappa shape index (κ2) is 6.72. The van der Waals surface area contributed by atoms with Crippen LogP contribution >= 0.6 is 0 Å². The Kier molecular flexibility index (Phi) is 4.37. The van der Waals surface area contributed by atoms with Gasteiger partial charge < -0.3 is 9.84 Å². The molecule has 0 spiro atoms. The van der Waals surface area contributed by atoms with E-state index in [1.807, 2.05) is 13.8 Å². The predicted molar refractivity (Wildman–Crippen MR) is 97.7 cm³/mol. The maximum atomic E-state index is 14.1. The van der Waals surface area contributed by atoms with Crippen LogP contribution in [0.2, 0.25) is 0 Å². The summed E-state index contributed by atoms with van der Waals surface area (Å²) < 4.78 is 19.4. The maximum absolute atomic E-state index is 14.1. The van der Waals surface area contributed by atoms with Crippen LogP contribution in [0, 0.1) is 5.82 Å². The minimum absolute atomic E-state index is 0.118. The first-order valence-corrected chi connectivity index (χ1v) is 9.19. The second-order valence-electron chi connectivity index (χ2n) is 7.37. The second-order valence-corrected chi connectivity index (χ2v) is 7.37. The topological polar surface area (TPSA) is 80.9 Å². The van der Waals surface area contributed by atoms with E-state index < -0.39 is 5.54 Å². The normalized spacial score (nSPS) is 16.1. The van der Waals surface area contributed by atoms with Crippen molar-refractivity contribution in [3.05, 3.63) is 53.7 Å². The van der Waals surface area contributed by atoms with Gasteiger partial charge in [-0.1, -0.05) is 31.8 Å². The Morgan fingerprint density at radius 2 is 2.00 bits per heavy atom. The number of nitrogens with zero attached hydrogens (tertiary/aromatic N) is 3. The van der Waals surface area contributed by atoms with Crippen molar-refractivity contribution in [1.82, 2.24) is 20.4 Å². The van der Waals surface area contributed by atoms with E-state index in [2.05, 4.69) is 20.4 Å². The third kappa shape index (κ3) is 3.07. The van der Waals surface area contributed by atoms with Crippen molar-refractivity contribution in [3.63, 3.8) is 0 Å². The van der Waals surface area contributed by atoms with Crippen LogP contribution in [0.5, 0.6) is 0 Å². The van der Waals surface area contributed by atoms with Crippen molar-refractivity contribution in [2.45, 2.75) is 51.0 Å². The van der Waals surface area contributed by atoms with Crippen LogP contribution in [0.15, 0.2) is 35.1 Å². The van der Waals surface area contributed by atoms with Crippen molar-refractivity contribution in [2.75, 3.05) is 0 Å². The van der Waals surface area contributed by atoms with Gasteiger partial charge in [0.25, 0.3) is 5.91 Å². The van der Waals surface area contributed by atoms with Gasteiger partial charge in [-0.15, -0.1) is 0 Å². The summed E-state index contributed by atoms with van der Waals surface area (Å²) in [5.41, 5.74) is -0.269. The summed E-state index contributed by atoms with van der Waals surface area (Å²) in [5.74, 6) is 0.529. The third-order valence-corrected chi connectivity index (χ3v) is 5.18. The van der Waals surface area contributed by atoms with Crippen LogP contribution < -0.4 is 5.32 Å². The van der Waals surface area contributed by atoms with E-state index in [9.17, 15) is 9.18 Å². The van der Waals surface area contributed by atoms with E-state index in [0.29, 0.717) is 28.1 Å². The molecule has 0 bridgehead atoms. The summed E-state index contributed by atoms with van der Waals surface area (Å²) in [6.07, 6.45) is 6.45. The Bertz CT molecular complexity index is 993. The first-order valence-electron chi connectivity index (χ1n) is 9.19. The molecule has 3 aromatic rings. The van der Waals surface area contributed by atoms with Gasteiger partial charge in [-0.3, -0.25) is 9.78 Å². The molecule has 1 fully saturated rings. The zero-order valence-electron chi connectivity index (χ0n) is 15.3. The highest BCUT2D eigenvalue weighted by molar-refractivity contribution is 6.07. The van der Waals surface area contributed by atoms with Crippen LogP contribution in [0.25, 0.3) is 10.8 Å². The first kappa shape index (κ1) is 17.6. The van der Waals surface area contributed by atoms with Gasteiger partial charge in [0.2, 0.25) is 5.89 Å². The molecule has 2 heterocycles. The fourth-order valence-electron chi connectivity index (χ4n) is 3.68. The molecule has 1 aromatic carbocycles. The maximum Gasteiger partial charge on any atom is 0.252 e. The molecule has 140 valence electrons. The molecule has 1 N–H and O–H groups in total. The lowest BCUT2D eigenvalue weighted by Gasteiger charge is -2.27. The number of halogens is 1. The highest BCUT2D eigenvalue weighted by Gasteiger charge is 2.42. The summed E-state index contributed by atoms with van der Waals surface area (Å²) in [5, 5.41) is 8.12. The predicted octanol–water partition coefficient (Wildman–Crippen LogP) is 4.08. The molecule has 0 atom stereocenters. The van der Waals surface area contributed by atoms with E-state index >= 15 is 0 Å². The van der Waals surface area contributed by atoms with Crippen LogP contribution in [0.3, 0.4) is 0 Å². The van der Waals surface area contributed by atoms with Crippen LogP contribution in [0.1, 0.15) is 67.5 Å². The van der Waals surface area contributed by atoms with Gasteiger partial charge in [-0.25, -0.2) is 4.39 Å². The van der Waals surface area contributed by atoms with Crippen molar-refractivity contribution < 1.29 is 13.7 Å². The average molecular weight is 368 g/mol. The van der Waals surface area contributed by atoms with Gasteiger partial charge in [0.05, 0.1) is 0 Å².